The Bertz CT molecular complexity index is 1180. The van der Waals surface area contributed by atoms with Crippen molar-refractivity contribution in [3.05, 3.63) is 108 Å². The second-order valence-electron chi connectivity index (χ2n) is 10.8. The maximum absolute atomic E-state index is 10.6. The van der Waals surface area contributed by atoms with E-state index < -0.39 is 49.2 Å². The first-order chi connectivity index (χ1) is 20.5. The minimum absolute atomic E-state index is 0.187. The molecule has 0 aliphatic carbocycles. The van der Waals surface area contributed by atoms with Gasteiger partial charge in [0.1, 0.15) is 30.5 Å². The highest BCUT2D eigenvalue weighted by molar-refractivity contribution is 5.15. The topological polar surface area (TPSA) is 116 Å². The third-order valence-corrected chi connectivity index (χ3v) is 7.68. The molecule has 2 fully saturated rings. The van der Waals surface area contributed by atoms with Gasteiger partial charge in [0, 0.05) is 5.92 Å². The van der Waals surface area contributed by atoms with E-state index in [0.29, 0.717) is 19.8 Å². The lowest BCUT2D eigenvalue weighted by Gasteiger charge is -2.47. The second kappa shape index (κ2) is 15.2. The molecule has 0 bridgehead atoms. The third kappa shape index (κ3) is 8.02. The summed E-state index contributed by atoms with van der Waals surface area (Å²) < 4.78 is 36.7. The van der Waals surface area contributed by atoms with E-state index in [1.54, 1.807) is 0 Å². The number of hydrogen-bond acceptors (Lipinski definition) is 9. The first-order valence-corrected chi connectivity index (χ1v) is 14.4. The molecule has 226 valence electrons. The van der Waals surface area contributed by atoms with Crippen molar-refractivity contribution in [3.63, 3.8) is 0 Å². The van der Waals surface area contributed by atoms with Gasteiger partial charge in [0.05, 0.1) is 39.1 Å². The summed E-state index contributed by atoms with van der Waals surface area (Å²) in [6.07, 6.45) is -7.87. The summed E-state index contributed by atoms with van der Waals surface area (Å²) in [5.41, 5.74) is 3.03. The van der Waals surface area contributed by atoms with E-state index in [2.05, 4.69) is 0 Å². The fourth-order valence-electron chi connectivity index (χ4n) is 5.34. The molecule has 2 aliphatic heterocycles. The van der Waals surface area contributed by atoms with Crippen LogP contribution in [0.25, 0.3) is 0 Å². The first kappa shape index (κ1) is 30.7. The average molecular weight is 581 g/mol. The van der Waals surface area contributed by atoms with Crippen molar-refractivity contribution in [2.75, 3.05) is 13.2 Å². The number of ether oxygens (including phenoxy) is 6. The summed E-state index contributed by atoms with van der Waals surface area (Å²) >= 11 is 0. The Morgan fingerprint density at radius 3 is 1.79 bits per heavy atom. The summed E-state index contributed by atoms with van der Waals surface area (Å²) in [7, 11) is 0. The summed E-state index contributed by atoms with van der Waals surface area (Å²) in [6, 6.07) is 29.5. The van der Waals surface area contributed by atoms with Crippen LogP contribution in [0.5, 0.6) is 0 Å². The lowest BCUT2D eigenvalue weighted by Crippen LogP contribution is -2.61. The molecule has 2 saturated heterocycles. The molecule has 3 aromatic rings. The number of aliphatic hydroxyl groups excluding tert-OH is 3. The molecule has 0 spiro atoms. The van der Waals surface area contributed by atoms with Crippen LogP contribution < -0.4 is 0 Å². The van der Waals surface area contributed by atoms with Crippen LogP contribution in [-0.4, -0.2) is 77.7 Å². The molecule has 3 N–H and O–H groups in total. The summed E-state index contributed by atoms with van der Waals surface area (Å²) in [5, 5.41) is 31.3. The van der Waals surface area contributed by atoms with Crippen molar-refractivity contribution in [2.45, 2.75) is 75.9 Å². The van der Waals surface area contributed by atoms with E-state index in [-0.39, 0.29) is 19.1 Å². The van der Waals surface area contributed by atoms with Gasteiger partial charge in [-0.2, -0.15) is 0 Å². The van der Waals surface area contributed by atoms with E-state index >= 15 is 0 Å². The van der Waals surface area contributed by atoms with Gasteiger partial charge >= 0.3 is 0 Å². The van der Waals surface area contributed by atoms with Crippen molar-refractivity contribution < 1.29 is 43.7 Å². The Morgan fingerprint density at radius 2 is 1.21 bits per heavy atom. The van der Waals surface area contributed by atoms with Gasteiger partial charge in [-0.3, -0.25) is 0 Å². The van der Waals surface area contributed by atoms with Crippen LogP contribution in [0.3, 0.4) is 0 Å². The van der Waals surface area contributed by atoms with Gasteiger partial charge in [0.2, 0.25) is 0 Å². The van der Waals surface area contributed by atoms with E-state index in [1.807, 2.05) is 97.9 Å². The Balaban J connectivity index is 1.36. The monoisotopic (exact) mass is 580 g/mol. The minimum Gasteiger partial charge on any atom is -0.388 e. The van der Waals surface area contributed by atoms with Gasteiger partial charge in [0.15, 0.2) is 12.6 Å². The zero-order chi connectivity index (χ0) is 29.3. The van der Waals surface area contributed by atoms with Gasteiger partial charge in [-0.05, 0) is 16.7 Å². The zero-order valence-corrected chi connectivity index (χ0v) is 23.7. The molecule has 0 radical (unpaired) electrons. The molecule has 3 unspecified atom stereocenters. The molecule has 0 amide bonds. The van der Waals surface area contributed by atoms with Crippen molar-refractivity contribution >= 4 is 0 Å². The largest absolute Gasteiger partial charge is 0.388 e. The highest BCUT2D eigenvalue weighted by Gasteiger charge is 2.49. The van der Waals surface area contributed by atoms with Crippen LogP contribution >= 0.6 is 0 Å². The molecular formula is C33H40O9. The predicted octanol–water partition coefficient (Wildman–Crippen LogP) is 3.19. The van der Waals surface area contributed by atoms with Gasteiger partial charge < -0.3 is 43.7 Å². The number of aliphatic hydroxyl groups is 3. The number of benzene rings is 3. The fourth-order valence-corrected chi connectivity index (χ4v) is 5.34. The molecular weight excluding hydrogens is 540 g/mol. The van der Waals surface area contributed by atoms with Crippen LogP contribution in [0.2, 0.25) is 0 Å². The molecule has 9 nitrogen and oxygen atoms in total. The highest BCUT2D eigenvalue weighted by atomic mass is 16.7. The van der Waals surface area contributed by atoms with E-state index in [0.717, 1.165) is 16.7 Å². The van der Waals surface area contributed by atoms with E-state index in [4.69, 9.17) is 28.4 Å². The van der Waals surface area contributed by atoms with Gasteiger partial charge in [-0.15, -0.1) is 0 Å². The quantitative estimate of drug-likeness (QED) is 0.297. The SMILES string of the molecule is C[C@@H]1C(OCc2ccccc2)[C@H](O[C@@H]2C(O)[C@H](O)OC[C@H]2O)OC(COCc2ccccc2)[C@@H]1OCc1ccccc1. The zero-order valence-electron chi connectivity index (χ0n) is 23.7. The van der Waals surface area contributed by atoms with Crippen LogP contribution in [-0.2, 0) is 48.2 Å². The first-order valence-electron chi connectivity index (χ1n) is 14.4. The van der Waals surface area contributed by atoms with Crippen molar-refractivity contribution in [2.24, 2.45) is 5.92 Å². The molecule has 2 heterocycles. The van der Waals surface area contributed by atoms with Gasteiger partial charge in [-0.25, -0.2) is 0 Å². The predicted molar refractivity (Wildman–Crippen MR) is 153 cm³/mol. The lowest BCUT2D eigenvalue weighted by atomic mass is 9.90. The third-order valence-electron chi connectivity index (χ3n) is 7.68. The molecule has 0 aromatic heterocycles. The van der Waals surface area contributed by atoms with Gasteiger partial charge in [0.25, 0.3) is 0 Å². The smallest absolute Gasteiger partial charge is 0.185 e. The molecule has 3 aromatic carbocycles. The van der Waals surface area contributed by atoms with E-state index in [1.165, 1.54) is 0 Å². The maximum Gasteiger partial charge on any atom is 0.185 e. The van der Waals surface area contributed by atoms with Crippen LogP contribution in [0.4, 0.5) is 0 Å². The highest BCUT2D eigenvalue weighted by Crippen LogP contribution is 2.34. The van der Waals surface area contributed by atoms with E-state index in [9.17, 15) is 15.3 Å². The summed E-state index contributed by atoms with van der Waals surface area (Å²) in [5.74, 6) is -0.236. The molecule has 5 rings (SSSR count). The Kier molecular flexibility index (Phi) is 11.1. The molecule has 9 atom stereocenters. The van der Waals surface area contributed by atoms with Crippen LogP contribution in [0.1, 0.15) is 23.6 Å². The average Bonchev–Trinajstić information content (AvgIpc) is 3.02. The van der Waals surface area contributed by atoms with Gasteiger partial charge in [-0.1, -0.05) is 97.9 Å². The maximum atomic E-state index is 10.6. The second-order valence-corrected chi connectivity index (χ2v) is 10.8. The fraction of sp³-hybridized carbons (Fsp3) is 0.455. The van der Waals surface area contributed by atoms with Crippen LogP contribution in [0, 0.1) is 5.92 Å². The number of rotatable bonds is 12. The minimum atomic E-state index is -1.49. The van der Waals surface area contributed by atoms with Crippen molar-refractivity contribution in [3.8, 4) is 0 Å². The Hall–Kier alpha value is -2.70. The normalized spacial score (nSPS) is 31.6. The lowest BCUT2D eigenvalue weighted by molar-refractivity contribution is -0.349. The molecule has 9 heteroatoms. The number of hydrogen-bond donors (Lipinski definition) is 3. The van der Waals surface area contributed by atoms with Crippen molar-refractivity contribution in [1.82, 2.24) is 0 Å². The Labute approximate surface area is 246 Å². The molecule has 0 saturated carbocycles. The molecule has 2 aliphatic rings. The standard InChI is InChI=1S/C33H40O9/c1-22-29(38-18-24-13-7-3-8-14-24)27(21-37-17-23-11-5-2-6-12-23)41-33(30(22)39-19-25-15-9-4-10-16-25)42-31-26(34)20-40-32(36)28(31)35/h2-16,22,26-36H,17-21H2,1H3/t22-,26+,27?,28?,29+,30?,31-,32+,33-/m0/s1. The Morgan fingerprint density at radius 1 is 0.690 bits per heavy atom. The van der Waals surface area contributed by atoms with Crippen LogP contribution in [0.15, 0.2) is 91.0 Å². The summed E-state index contributed by atoms with van der Waals surface area (Å²) in [6.45, 7) is 3.10. The molecule has 42 heavy (non-hydrogen) atoms. The van der Waals surface area contributed by atoms with Crippen molar-refractivity contribution in [1.29, 1.82) is 0 Å². The summed E-state index contributed by atoms with van der Waals surface area (Å²) in [4.78, 5) is 0.